The Morgan fingerprint density at radius 3 is 2.77 bits per heavy atom. The number of amides is 1. The van der Waals surface area contributed by atoms with Crippen molar-refractivity contribution >= 4 is 55.8 Å². The number of hydrogen-bond acceptors (Lipinski definition) is 6. The number of nitrogens with one attached hydrogen (secondary N) is 2. The SMILES string of the molecule is CCCNc1nnc(S[C@@H](C)C(=O)Nc2ccc(Br)cc2)s1. The summed E-state index contributed by atoms with van der Waals surface area (Å²) in [7, 11) is 0. The van der Waals surface area contributed by atoms with E-state index in [9.17, 15) is 4.79 Å². The average molecular weight is 401 g/mol. The van der Waals surface area contributed by atoms with E-state index in [-0.39, 0.29) is 11.2 Å². The molecule has 0 aliphatic rings. The molecular formula is C14H17BrN4OS2. The summed E-state index contributed by atoms with van der Waals surface area (Å²) in [5.41, 5.74) is 0.781. The van der Waals surface area contributed by atoms with Gasteiger partial charge in [-0.05, 0) is 37.6 Å². The molecule has 22 heavy (non-hydrogen) atoms. The molecule has 0 fully saturated rings. The summed E-state index contributed by atoms with van der Waals surface area (Å²) in [5, 5.41) is 14.8. The molecule has 2 N–H and O–H groups in total. The average Bonchev–Trinajstić information content (AvgIpc) is 2.95. The Bertz CT molecular complexity index is 618. The Morgan fingerprint density at radius 1 is 1.36 bits per heavy atom. The van der Waals surface area contributed by atoms with E-state index in [1.807, 2.05) is 31.2 Å². The highest BCUT2D eigenvalue weighted by molar-refractivity contribution is 9.10. The van der Waals surface area contributed by atoms with Gasteiger partial charge in [-0.15, -0.1) is 10.2 Å². The lowest BCUT2D eigenvalue weighted by molar-refractivity contribution is -0.115. The molecule has 1 heterocycles. The molecule has 0 radical (unpaired) electrons. The lowest BCUT2D eigenvalue weighted by Crippen LogP contribution is -2.22. The summed E-state index contributed by atoms with van der Waals surface area (Å²) in [5.74, 6) is -0.0504. The molecule has 1 aromatic carbocycles. The van der Waals surface area contributed by atoms with Gasteiger partial charge in [-0.3, -0.25) is 4.79 Å². The Kier molecular flexibility index (Phi) is 6.66. The monoisotopic (exact) mass is 400 g/mol. The summed E-state index contributed by atoms with van der Waals surface area (Å²) in [6, 6.07) is 7.50. The van der Waals surface area contributed by atoms with Crippen LogP contribution >= 0.6 is 39.0 Å². The highest BCUT2D eigenvalue weighted by atomic mass is 79.9. The Morgan fingerprint density at radius 2 is 2.09 bits per heavy atom. The number of carbonyl (C=O) groups is 1. The predicted octanol–water partition coefficient (Wildman–Crippen LogP) is 4.24. The predicted molar refractivity (Wildman–Crippen MR) is 96.8 cm³/mol. The zero-order valence-corrected chi connectivity index (χ0v) is 15.5. The van der Waals surface area contributed by atoms with Crippen LogP contribution in [-0.4, -0.2) is 27.9 Å². The number of hydrogen-bond donors (Lipinski definition) is 2. The summed E-state index contributed by atoms with van der Waals surface area (Å²) >= 11 is 6.25. The van der Waals surface area contributed by atoms with Crippen LogP contribution in [0, 0.1) is 0 Å². The normalized spacial score (nSPS) is 12.0. The first-order chi connectivity index (χ1) is 10.6. The highest BCUT2D eigenvalue weighted by Crippen LogP contribution is 2.29. The minimum atomic E-state index is -0.240. The van der Waals surface area contributed by atoms with Crippen LogP contribution in [0.2, 0.25) is 0 Å². The fraction of sp³-hybridized carbons (Fsp3) is 0.357. The zero-order valence-electron chi connectivity index (χ0n) is 12.3. The smallest absolute Gasteiger partial charge is 0.237 e. The van der Waals surface area contributed by atoms with Crippen LogP contribution in [0.1, 0.15) is 20.3 Å². The third kappa shape index (κ3) is 5.26. The topological polar surface area (TPSA) is 66.9 Å². The molecule has 5 nitrogen and oxygen atoms in total. The second-order valence-electron chi connectivity index (χ2n) is 4.56. The van der Waals surface area contributed by atoms with Crippen LogP contribution < -0.4 is 10.6 Å². The van der Waals surface area contributed by atoms with Gasteiger partial charge >= 0.3 is 0 Å². The maximum atomic E-state index is 12.2. The first-order valence-electron chi connectivity index (χ1n) is 6.89. The largest absolute Gasteiger partial charge is 0.360 e. The number of nitrogens with zero attached hydrogens (tertiary/aromatic N) is 2. The first-order valence-corrected chi connectivity index (χ1v) is 9.38. The number of thioether (sulfide) groups is 1. The maximum Gasteiger partial charge on any atom is 0.237 e. The molecule has 0 spiro atoms. The van der Waals surface area contributed by atoms with Crippen molar-refractivity contribution < 1.29 is 4.79 Å². The van der Waals surface area contributed by atoms with Crippen LogP contribution in [0.5, 0.6) is 0 Å². The van der Waals surface area contributed by atoms with Crippen LogP contribution in [-0.2, 0) is 4.79 Å². The fourth-order valence-electron chi connectivity index (χ4n) is 1.54. The van der Waals surface area contributed by atoms with Crippen molar-refractivity contribution in [3.63, 3.8) is 0 Å². The van der Waals surface area contributed by atoms with Crippen molar-refractivity contribution in [1.82, 2.24) is 10.2 Å². The maximum absolute atomic E-state index is 12.2. The lowest BCUT2D eigenvalue weighted by Gasteiger charge is -2.10. The van der Waals surface area contributed by atoms with E-state index in [1.165, 1.54) is 23.1 Å². The molecule has 1 amide bonds. The summed E-state index contributed by atoms with van der Waals surface area (Å²) in [4.78, 5) is 12.2. The molecule has 0 bridgehead atoms. The van der Waals surface area contributed by atoms with E-state index < -0.39 is 0 Å². The standard InChI is InChI=1S/C14H17BrN4OS2/c1-3-8-16-13-18-19-14(22-13)21-9(2)12(20)17-11-6-4-10(15)5-7-11/h4-7,9H,3,8H2,1-2H3,(H,16,18)(H,17,20)/t9-/m0/s1. The molecule has 118 valence electrons. The number of carbonyl (C=O) groups excluding carboxylic acids is 1. The van der Waals surface area contributed by atoms with Crippen molar-refractivity contribution in [2.24, 2.45) is 0 Å². The molecular weight excluding hydrogens is 384 g/mol. The van der Waals surface area contributed by atoms with Gasteiger partial charge < -0.3 is 10.6 Å². The van der Waals surface area contributed by atoms with Gasteiger partial charge in [0.15, 0.2) is 4.34 Å². The van der Waals surface area contributed by atoms with Crippen molar-refractivity contribution in [3.05, 3.63) is 28.7 Å². The lowest BCUT2D eigenvalue weighted by atomic mass is 10.3. The minimum Gasteiger partial charge on any atom is -0.360 e. The molecule has 0 unspecified atom stereocenters. The van der Waals surface area contributed by atoms with E-state index in [1.54, 1.807) is 0 Å². The molecule has 0 aliphatic carbocycles. The minimum absolute atomic E-state index is 0.0504. The fourth-order valence-corrected chi connectivity index (χ4v) is 3.73. The third-order valence-corrected chi connectivity index (χ3v) is 5.29. The van der Waals surface area contributed by atoms with E-state index >= 15 is 0 Å². The highest BCUT2D eigenvalue weighted by Gasteiger charge is 2.17. The van der Waals surface area contributed by atoms with Gasteiger partial charge in [0.05, 0.1) is 5.25 Å². The molecule has 0 saturated carbocycles. The number of benzene rings is 1. The quantitative estimate of drug-likeness (QED) is 0.680. The van der Waals surface area contributed by atoms with Crippen molar-refractivity contribution in [2.45, 2.75) is 29.9 Å². The number of anilines is 2. The van der Waals surface area contributed by atoms with Gasteiger partial charge in [-0.2, -0.15) is 0 Å². The molecule has 1 atom stereocenters. The van der Waals surface area contributed by atoms with Gasteiger partial charge in [-0.25, -0.2) is 0 Å². The third-order valence-electron chi connectivity index (χ3n) is 2.69. The molecule has 0 aliphatic heterocycles. The van der Waals surface area contributed by atoms with Crippen LogP contribution in [0.4, 0.5) is 10.8 Å². The molecule has 8 heteroatoms. The van der Waals surface area contributed by atoms with E-state index in [0.717, 1.165) is 32.6 Å². The Labute approximate surface area is 146 Å². The van der Waals surface area contributed by atoms with Crippen molar-refractivity contribution in [2.75, 3.05) is 17.2 Å². The first kappa shape index (κ1) is 17.2. The summed E-state index contributed by atoms with van der Waals surface area (Å²) in [6.07, 6.45) is 1.04. The number of halogens is 1. The molecule has 2 aromatic rings. The molecule has 0 saturated heterocycles. The van der Waals surface area contributed by atoms with E-state index in [2.05, 4.69) is 43.7 Å². The van der Waals surface area contributed by atoms with Crippen molar-refractivity contribution in [1.29, 1.82) is 0 Å². The second-order valence-corrected chi connectivity index (χ2v) is 8.04. The zero-order chi connectivity index (χ0) is 15.9. The Hall–Kier alpha value is -1.12. The van der Waals surface area contributed by atoms with Crippen molar-refractivity contribution in [3.8, 4) is 0 Å². The van der Waals surface area contributed by atoms with Crippen LogP contribution in [0.15, 0.2) is 33.1 Å². The summed E-state index contributed by atoms with van der Waals surface area (Å²) < 4.78 is 1.77. The second kappa shape index (κ2) is 8.50. The van der Waals surface area contributed by atoms with Gasteiger partial charge in [0.1, 0.15) is 0 Å². The van der Waals surface area contributed by atoms with E-state index in [0.29, 0.717) is 0 Å². The summed E-state index contributed by atoms with van der Waals surface area (Å²) in [6.45, 7) is 4.83. The molecule has 2 rings (SSSR count). The van der Waals surface area contributed by atoms with Gasteiger partial charge in [-0.1, -0.05) is 46.0 Å². The van der Waals surface area contributed by atoms with Gasteiger partial charge in [0, 0.05) is 16.7 Å². The molecule has 1 aromatic heterocycles. The van der Waals surface area contributed by atoms with Crippen LogP contribution in [0.25, 0.3) is 0 Å². The Balaban J connectivity index is 1.87. The van der Waals surface area contributed by atoms with Gasteiger partial charge in [0.2, 0.25) is 11.0 Å². The van der Waals surface area contributed by atoms with E-state index in [4.69, 9.17) is 0 Å². The van der Waals surface area contributed by atoms with Crippen LogP contribution in [0.3, 0.4) is 0 Å². The van der Waals surface area contributed by atoms with Gasteiger partial charge in [0.25, 0.3) is 0 Å². The number of rotatable bonds is 7. The number of aromatic nitrogens is 2.